The molecule has 98 valence electrons. The Kier molecular flexibility index (Phi) is 3.07. The maximum absolute atomic E-state index is 12.4. The third-order valence-corrected chi connectivity index (χ3v) is 5.88. The number of fused-ring (bicyclic) bond motifs is 1. The number of benzene rings is 1. The maximum atomic E-state index is 12.4. The lowest BCUT2D eigenvalue weighted by molar-refractivity contribution is 0.474. The summed E-state index contributed by atoms with van der Waals surface area (Å²) in [5.74, 6) is 0. The van der Waals surface area contributed by atoms with Gasteiger partial charge in [0.1, 0.15) is 0 Å². The van der Waals surface area contributed by atoms with E-state index in [0.717, 1.165) is 11.3 Å². The van der Waals surface area contributed by atoms with Gasteiger partial charge in [-0.3, -0.25) is 4.21 Å². The molecule has 3 heteroatoms. The summed E-state index contributed by atoms with van der Waals surface area (Å²) in [6.45, 7) is 6.36. The molecular weight excluding hydrogens is 242 g/mol. The second-order valence-corrected chi connectivity index (χ2v) is 7.65. The lowest BCUT2D eigenvalue weighted by Crippen LogP contribution is -2.33. The second-order valence-electron chi connectivity index (χ2n) is 5.81. The summed E-state index contributed by atoms with van der Waals surface area (Å²) in [4.78, 5) is 1.06. The van der Waals surface area contributed by atoms with E-state index in [-0.39, 0.29) is 5.25 Å². The van der Waals surface area contributed by atoms with Crippen LogP contribution >= 0.6 is 0 Å². The second kappa shape index (κ2) is 4.46. The average Bonchev–Trinajstić information content (AvgIpc) is 3.12. The molecule has 1 fully saturated rings. The van der Waals surface area contributed by atoms with Crippen molar-refractivity contribution in [2.75, 3.05) is 0 Å². The highest BCUT2D eigenvalue weighted by Crippen LogP contribution is 2.37. The van der Waals surface area contributed by atoms with E-state index >= 15 is 0 Å². The van der Waals surface area contributed by atoms with Gasteiger partial charge in [-0.15, -0.1) is 0 Å². The van der Waals surface area contributed by atoms with Crippen molar-refractivity contribution in [2.45, 2.75) is 62.3 Å². The molecule has 2 nitrogen and oxygen atoms in total. The topological polar surface area (TPSA) is 29.1 Å². The van der Waals surface area contributed by atoms with Crippen LogP contribution in [0.3, 0.4) is 0 Å². The van der Waals surface area contributed by atoms with Gasteiger partial charge in [-0.25, -0.2) is 0 Å². The summed E-state index contributed by atoms with van der Waals surface area (Å²) in [6.07, 6.45) is 3.60. The molecule has 0 spiro atoms. The largest absolute Gasteiger partial charge is 0.307 e. The lowest BCUT2D eigenvalue weighted by Gasteiger charge is -2.31. The van der Waals surface area contributed by atoms with E-state index in [1.165, 1.54) is 29.5 Å². The summed E-state index contributed by atoms with van der Waals surface area (Å²) in [7, 11) is -0.834. The molecule has 1 aromatic carbocycles. The minimum absolute atomic E-state index is 0.260. The first kappa shape index (κ1) is 12.4. The first-order chi connectivity index (χ1) is 8.56. The van der Waals surface area contributed by atoms with E-state index in [1.807, 2.05) is 0 Å². The zero-order valence-electron chi connectivity index (χ0n) is 11.3. The molecule has 0 bridgehead atoms. The molecule has 0 amide bonds. The molecule has 1 N–H and O–H groups in total. The zero-order chi connectivity index (χ0) is 12.9. The Hall–Kier alpha value is -0.670. The first-order valence-corrected chi connectivity index (χ1v) is 8.05. The molecule has 2 aliphatic rings. The van der Waals surface area contributed by atoms with E-state index in [4.69, 9.17) is 0 Å². The van der Waals surface area contributed by atoms with Crippen molar-refractivity contribution in [2.24, 2.45) is 0 Å². The molecular formula is C15H21NOS. The van der Waals surface area contributed by atoms with Crippen LogP contribution in [0.1, 0.15) is 48.9 Å². The Morgan fingerprint density at radius 3 is 2.56 bits per heavy atom. The minimum atomic E-state index is -0.834. The van der Waals surface area contributed by atoms with Gasteiger partial charge in [-0.1, -0.05) is 13.0 Å². The molecule has 3 atom stereocenters. The molecule has 0 saturated heterocycles. The highest BCUT2D eigenvalue weighted by molar-refractivity contribution is 7.85. The number of nitrogens with one attached hydrogen (secondary N) is 1. The number of aryl methyl sites for hydroxylation is 2. The van der Waals surface area contributed by atoms with Crippen LogP contribution in [0.15, 0.2) is 17.0 Å². The molecule has 1 aliphatic heterocycles. The zero-order valence-corrected chi connectivity index (χ0v) is 12.1. The molecule has 1 aliphatic carbocycles. The van der Waals surface area contributed by atoms with E-state index in [0.29, 0.717) is 12.1 Å². The van der Waals surface area contributed by atoms with Crippen molar-refractivity contribution in [3.63, 3.8) is 0 Å². The SMILES string of the molecule is Cc1cc2c(cc1C)S(=O)C(C)CC2NC1CC1. The molecule has 0 radical (unpaired) electrons. The molecule has 1 heterocycles. The van der Waals surface area contributed by atoms with Crippen LogP contribution < -0.4 is 5.32 Å². The van der Waals surface area contributed by atoms with Crippen LogP contribution in [0.2, 0.25) is 0 Å². The number of hydrogen-bond acceptors (Lipinski definition) is 2. The fourth-order valence-corrected chi connectivity index (χ4v) is 4.24. The quantitative estimate of drug-likeness (QED) is 0.888. The van der Waals surface area contributed by atoms with Crippen molar-refractivity contribution < 1.29 is 4.21 Å². The van der Waals surface area contributed by atoms with E-state index in [2.05, 4.69) is 38.2 Å². The van der Waals surface area contributed by atoms with Crippen LogP contribution in [-0.4, -0.2) is 15.5 Å². The Balaban J connectivity index is 2.03. The number of rotatable bonds is 2. The third kappa shape index (κ3) is 2.14. The monoisotopic (exact) mass is 263 g/mol. The van der Waals surface area contributed by atoms with Gasteiger partial charge in [0, 0.05) is 22.2 Å². The van der Waals surface area contributed by atoms with Crippen LogP contribution in [0.5, 0.6) is 0 Å². The predicted octanol–water partition coefficient (Wildman–Crippen LogP) is 3.00. The van der Waals surface area contributed by atoms with Crippen molar-refractivity contribution in [1.82, 2.24) is 5.32 Å². The van der Waals surface area contributed by atoms with Gasteiger partial charge in [-0.05, 0) is 55.9 Å². The summed E-state index contributed by atoms with van der Waals surface area (Å²) in [5, 5.41) is 3.97. The number of hydrogen-bond donors (Lipinski definition) is 1. The van der Waals surface area contributed by atoms with Gasteiger partial charge in [-0.2, -0.15) is 0 Å². The Bertz CT molecular complexity index is 507. The standard InChI is InChI=1S/C15H21NOS/c1-9-6-13-14(16-12-4-5-12)8-11(3)18(17)15(13)7-10(9)2/h6-7,11-12,14,16H,4-5,8H2,1-3H3. The summed E-state index contributed by atoms with van der Waals surface area (Å²) in [5.41, 5.74) is 3.84. The van der Waals surface area contributed by atoms with E-state index < -0.39 is 10.8 Å². The fraction of sp³-hybridized carbons (Fsp3) is 0.600. The van der Waals surface area contributed by atoms with Gasteiger partial charge in [0.2, 0.25) is 0 Å². The van der Waals surface area contributed by atoms with Gasteiger partial charge in [0.05, 0.1) is 10.8 Å². The summed E-state index contributed by atoms with van der Waals surface area (Å²) in [6, 6.07) is 5.48. The minimum Gasteiger partial charge on any atom is -0.307 e. The third-order valence-electron chi connectivity index (χ3n) is 4.17. The van der Waals surface area contributed by atoms with Gasteiger partial charge in [0.15, 0.2) is 0 Å². The molecule has 3 rings (SSSR count). The normalized spacial score (nSPS) is 31.2. The Morgan fingerprint density at radius 2 is 1.89 bits per heavy atom. The Labute approximate surface area is 112 Å². The molecule has 1 saturated carbocycles. The van der Waals surface area contributed by atoms with Crippen molar-refractivity contribution in [1.29, 1.82) is 0 Å². The summed E-state index contributed by atoms with van der Waals surface area (Å²) >= 11 is 0. The lowest BCUT2D eigenvalue weighted by atomic mass is 9.97. The van der Waals surface area contributed by atoms with Crippen LogP contribution in [0, 0.1) is 13.8 Å². The molecule has 1 aromatic rings. The molecule has 3 unspecified atom stereocenters. The highest BCUT2D eigenvalue weighted by Gasteiger charge is 2.33. The van der Waals surface area contributed by atoms with E-state index in [9.17, 15) is 4.21 Å². The summed E-state index contributed by atoms with van der Waals surface area (Å²) < 4.78 is 12.4. The van der Waals surface area contributed by atoms with Gasteiger partial charge >= 0.3 is 0 Å². The average molecular weight is 263 g/mol. The fourth-order valence-electron chi connectivity index (χ4n) is 2.71. The van der Waals surface area contributed by atoms with E-state index in [1.54, 1.807) is 0 Å². The molecule has 18 heavy (non-hydrogen) atoms. The highest BCUT2D eigenvalue weighted by atomic mass is 32.2. The molecule has 0 aromatic heterocycles. The van der Waals surface area contributed by atoms with Crippen molar-refractivity contribution in [3.05, 3.63) is 28.8 Å². The van der Waals surface area contributed by atoms with Crippen molar-refractivity contribution >= 4 is 10.8 Å². The van der Waals surface area contributed by atoms with Crippen molar-refractivity contribution in [3.8, 4) is 0 Å². The van der Waals surface area contributed by atoms with Gasteiger partial charge in [0.25, 0.3) is 0 Å². The van der Waals surface area contributed by atoms with Crippen LogP contribution in [-0.2, 0) is 10.8 Å². The predicted molar refractivity (Wildman–Crippen MR) is 75.3 cm³/mol. The maximum Gasteiger partial charge on any atom is 0.0562 e. The van der Waals surface area contributed by atoms with Crippen LogP contribution in [0.25, 0.3) is 0 Å². The van der Waals surface area contributed by atoms with Crippen LogP contribution in [0.4, 0.5) is 0 Å². The Morgan fingerprint density at radius 1 is 1.22 bits per heavy atom. The van der Waals surface area contributed by atoms with Gasteiger partial charge < -0.3 is 5.32 Å². The smallest absolute Gasteiger partial charge is 0.0562 e. The first-order valence-electron chi connectivity index (χ1n) is 6.84.